The number of amides is 1. The number of carbonyl (C=O) groups is 1. The smallest absolute Gasteiger partial charge is 0.225 e. The van der Waals surface area contributed by atoms with Crippen LogP contribution in [0.3, 0.4) is 0 Å². The number of hydrogen-bond acceptors (Lipinski definition) is 3. The zero-order chi connectivity index (χ0) is 11.4. The molecule has 0 spiro atoms. The number of rotatable bonds is 2. The summed E-state index contributed by atoms with van der Waals surface area (Å²) in [7, 11) is 0. The second-order valence-electron chi connectivity index (χ2n) is 4.65. The molecule has 2 saturated heterocycles. The van der Waals surface area contributed by atoms with E-state index in [1.807, 2.05) is 11.8 Å². The molecule has 0 N–H and O–H groups in total. The molecule has 0 aromatic heterocycles. The maximum atomic E-state index is 12.2. The lowest BCUT2D eigenvalue weighted by atomic mass is 10.0. The summed E-state index contributed by atoms with van der Waals surface area (Å²) < 4.78 is 0. The van der Waals surface area contributed by atoms with E-state index in [1.54, 1.807) is 0 Å². The molecule has 0 atom stereocenters. The van der Waals surface area contributed by atoms with Crippen LogP contribution >= 0.6 is 11.8 Å². The van der Waals surface area contributed by atoms with Crippen molar-refractivity contribution in [3.8, 4) is 0 Å². The second-order valence-corrected chi connectivity index (χ2v) is 5.87. The Morgan fingerprint density at radius 3 is 2.38 bits per heavy atom. The van der Waals surface area contributed by atoms with Crippen LogP contribution in [0.15, 0.2) is 0 Å². The molecule has 16 heavy (non-hydrogen) atoms. The monoisotopic (exact) mass is 242 g/mol. The van der Waals surface area contributed by atoms with Crippen LogP contribution in [0.4, 0.5) is 0 Å². The van der Waals surface area contributed by atoms with Gasteiger partial charge in [0.1, 0.15) is 0 Å². The zero-order valence-electron chi connectivity index (χ0n) is 10.2. The second kappa shape index (κ2) is 5.92. The summed E-state index contributed by atoms with van der Waals surface area (Å²) in [5, 5.41) is 0. The number of carbonyl (C=O) groups excluding carboxylic acids is 1. The lowest BCUT2D eigenvalue weighted by Gasteiger charge is -2.36. The number of thioether (sulfide) groups is 1. The first-order valence-electron chi connectivity index (χ1n) is 6.40. The Bertz CT molecular complexity index is 233. The molecular formula is C12H22N2OS. The van der Waals surface area contributed by atoms with Crippen LogP contribution in [0.5, 0.6) is 0 Å². The van der Waals surface area contributed by atoms with Crippen LogP contribution in [-0.4, -0.2) is 59.9 Å². The van der Waals surface area contributed by atoms with Gasteiger partial charge in [-0.3, -0.25) is 4.79 Å². The largest absolute Gasteiger partial charge is 0.340 e. The van der Waals surface area contributed by atoms with E-state index in [0.717, 1.165) is 45.6 Å². The average Bonchev–Trinajstić information content (AvgIpc) is 2.39. The van der Waals surface area contributed by atoms with Crippen molar-refractivity contribution in [2.24, 2.45) is 5.92 Å². The van der Waals surface area contributed by atoms with Gasteiger partial charge in [-0.05, 0) is 30.9 Å². The van der Waals surface area contributed by atoms with Gasteiger partial charge in [-0.15, -0.1) is 0 Å². The minimum Gasteiger partial charge on any atom is -0.340 e. The Hall–Kier alpha value is -0.220. The first-order valence-corrected chi connectivity index (χ1v) is 7.55. The molecule has 2 fully saturated rings. The van der Waals surface area contributed by atoms with Gasteiger partial charge in [-0.25, -0.2) is 0 Å². The van der Waals surface area contributed by atoms with Gasteiger partial charge in [0.05, 0.1) is 0 Å². The Kier molecular flexibility index (Phi) is 4.53. The first-order chi connectivity index (χ1) is 7.81. The molecule has 0 saturated carbocycles. The summed E-state index contributed by atoms with van der Waals surface area (Å²) >= 11 is 1.99. The third-order valence-electron chi connectivity index (χ3n) is 3.70. The van der Waals surface area contributed by atoms with E-state index in [-0.39, 0.29) is 0 Å². The van der Waals surface area contributed by atoms with Gasteiger partial charge in [-0.1, -0.05) is 6.92 Å². The number of likely N-dealkylation sites (N-methyl/N-ethyl adjacent to an activating group) is 1. The van der Waals surface area contributed by atoms with E-state index in [1.165, 1.54) is 11.5 Å². The lowest BCUT2D eigenvalue weighted by molar-refractivity contribution is -0.137. The number of nitrogens with zero attached hydrogens (tertiary/aromatic N) is 2. The molecule has 1 amide bonds. The van der Waals surface area contributed by atoms with Crippen molar-refractivity contribution in [1.82, 2.24) is 9.80 Å². The van der Waals surface area contributed by atoms with Crippen LogP contribution in [0.2, 0.25) is 0 Å². The fraction of sp³-hybridized carbons (Fsp3) is 0.917. The molecule has 2 heterocycles. The van der Waals surface area contributed by atoms with E-state index in [4.69, 9.17) is 0 Å². The highest BCUT2D eigenvalue weighted by Gasteiger charge is 2.28. The predicted molar refractivity (Wildman–Crippen MR) is 68.7 cm³/mol. The van der Waals surface area contributed by atoms with Crippen molar-refractivity contribution >= 4 is 17.7 Å². The molecule has 2 aliphatic heterocycles. The average molecular weight is 242 g/mol. The molecule has 4 heteroatoms. The van der Waals surface area contributed by atoms with Gasteiger partial charge in [0.15, 0.2) is 0 Å². The van der Waals surface area contributed by atoms with Crippen molar-refractivity contribution in [1.29, 1.82) is 0 Å². The normalized spacial score (nSPS) is 24.7. The quantitative estimate of drug-likeness (QED) is 0.729. The standard InChI is InChI=1S/C12H22N2OS/c1-2-13-5-7-14(8-6-13)12(15)11-3-9-16-10-4-11/h11H,2-10H2,1H3. The molecule has 2 aliphatic rings. The van der Waals surface area contributed by atoms with Gasteiger partial charge < -0.3 is 9.80 Å². The fourth-order valence-electron chi connectivity index (χ4n) is 2.49. The van der Waals surface area contributed by atoms with Crippen molar-refractivity contribution in [2.75, 3.05) is 44.2 Å². The van der Waals surface area contributed by atoms with Crippen molar-refractivity contribution in [2.45, 2.75) is 19.8 Å². The van der Waals surface area contributed by atoms with Gasteiger partial charge in [0.2, 0.25) is 5.91 Å². The zero-order valence-corrected chi connectivity index (χ0v) is 11.0. The summed E-state index contributed by atoms with van der Waals surface area (Å²) in [4.78, 5) is 16.8. The number of piperazine rings is 1. The van der Waals surface area contributed by atoms with E-state index < -0.39 is 0 Å². The third-order valence-corrected chi connectivity index (χ3v) is 4.75. The molecule has 3 nitrogen and oxygen atoms in total. The van der Waals surface area contributed by atoms with E-state index in [0.29, 0.717) is 11.8 Å². The molecule has 0 unspecified atom stereocenters. The topological polar surface area (TPSA) is 23.6 Å². The Morgan fingerprint density at radius 2 is 1.81 bits per heavy atom. The van der Waals surface area contributed by atoms with E-state index in [9.17, 15) is 4.79 Å². The summed E-state index contributed by atoms with van der Waals surface area (Å²) in [6.07, 6.45) is 2.19. The maximum Gasteiger partial charge on any atom is 0.225 e. The van der Waals surface area contributed by atoms with Crippen molar-refractivity contribution in [3.05, 3.63) is 0 Å². The number of hydrogen-bond donors (Lipinski definition) is 0. The van der Waals surface area contributed by atoms with Gasteiger partial charge in [0, 0.05) is 32.1 Å². The minimum absolute atomic E-state index is 0.328. The van der Waals surface area contributed by atoms with Crippen LogP contribution in [0.25, 0.3) is 0 Å². The Labute approximate surface area is 103 Å². The van der Waals surface area contributed by atoms with Crippen molar-refractivity contribution < 1.29 is 4.79 Å². The first kappa shape index (κ1) is 12.2. The SMILES string of the molecule is CCN1CCN(C(=O)C2CCSCC2)CC1. The van der Waals surface area contributed by atoms with E-state index in [2.05, 4.69) is 16.7 Å². The van der Waals surface area contributed by atoms with Gasteiger partial charge in [0.25, 0.3) is 0 Å². The van der Waals surface area contributed by atoms with Gasteiger partial charge in [-0.2, -0.15) is 11.8 Å². The summed E-state index contributed by atoms with van der Waals surface area (Å²) in [6.45, 7) is 7.30. The van der Waals surface area contributed by atoms with Crippen molar-refractivity contribution in [3.63, 3.8) is 0 Å². The van der Waals surface area contributed by atoms with Crippen LogP contribution < -0.4 is 0 Å². The van der Waals surface area contributed by atoms with Crippen LogP contribution in [0.1, 0.15) is 19.8 Å². The molecule has 0 aliphatic carbocycles. The molecule has 2 rings (SSSR count). The molecule has 0 aromatic rings. The molecule has 0 aromatic carbocycles. The summed E-state index contributed by atoms with van der Waals surface area (Å²) in [5.41, 5.74) is 0. The van der Waals surface area contributed by atoms with Crippen LogP contribution in [0, 0.1) is 5.92 Å². The minimum atomic E-state index is 0.328. The highest BCUT2D eigenvalue weighted by Crippen LogP contribution is 2.24. The maximum absolute atomic E-state index is 12.2. The van der Waals surface area contributed by atoms with Gasteiger partial charge >= 0.3 is 0 Å². The lowest BCUT2D eigenvalue weighted by Crippen LogP contribution is -2.50. The molecule has 0 radical (unpaired) electrons. The third kappa shape index (κ3) is 2.92. The van der Waals surface area contributed by atoms with E-state index >= 15 is 0 Å². The van der Waals surface area contributed by atoms with Crippen LogP contribution in [-0.2, 0) is 4.79 Å². The molecule has 92 valence electrons. The summed E-state index contributed by atoms with van der Waals surface area (Å²) in [6, 6.07) is 0. The predicted octanol–water partition coefficient (Wildman–Crippen LogP) is 1.29. The fourth-order valence-corrected chi connectivity index (χ4v) is 3.59. The molecular weight excluding hydrogens is 220 g/mol. The highest BCUT2D eigenvalue weighted by atomic mass is 32.2. The summed E-state index contributed by atoms with van der Waals surface area (Å²) in [5.74, 6) is 3.10. The molecule has 0 bridgehead atoms. The Balaban J connectivity index is 1.81. The Morgan fingerprint density at radius 1 is 1.19 bits per heavy atom. The highest BCUT2D eigenvalue weighted by molar-refractivity contribution is 7.99.